The number of hydroxylamine groups is 1. The van der Waals surface area contributed by atoms with Crippen LogP contribution in [0.3, 0.4) is 0 Å². The van der Waals surface area contributed by atoms with Crippen LogP contribution in [-0.4, -0.2) is 33.0 Å². The van der Waals surface area contributed by atoms with E-state index in [4.69, 9.17) is 16.4 Å². The van der Waals surface area contributed by atoms with Gasteiger partial charge in [-0.3, -0.25) is 9.63 Å². The second-order valence-corrected chi connectivity index (χ2v) is 8.11. The first-order chi connectivity index (χ1) is 12.2. The molecular weight excluding hydrogens is 376 g/mol. The Kier molecular flexibility index (Phi) is 6.41. The highest BCUT2D eigenvalue weighted by Gasteiger charge is 2.25. The number of hydrogen-bond donors (Lipinski definition) is 1. The topological polar surface area (TPSA) is 75.7 Å². The zero-order valence-electron chi connectivity index (χ0n) is 15.0. The fourth-order valence-electron chi connectivity index (χ4n) is 2.51. The summed E-state index contributed by atoms with van der Waals surface area (Å²) in [7, 11) is -1.49. The molecule has 1 N–H and O–H groups in total. The predicted octanol–water partition coefficient (Wildman–Crippen LogP) is 3.32. The molecule has 140 valence electrons. The molecule has 0 fully saturated rings. The van der Waals surface area contributed by atoms with Gasteiger partial charge in [0.1, 0.15) is 4.90 Å². The lowest BCUT2D eigenvalue weighted by Crippen LogP contribution is -2.28. The van der Waals surface area contributed by atoms with Crippen LogP contribution in [-0.2, 0) is 14.9 Å². The molecule has 2 aromatic carbocycles. The minimum absolute atomic E-state index is 0.0115. The molecule has 6 nitrogen and oxygen atoms in total. The van der Waals surface area contributed by atoms with E-state index < -0.39 is 15.9 Å². The van der Waals surface area contributed by atoms with Gasteiger partial charge in [-0.1, -0.05) is 40.3 Å². The van der Waals surface area contributed by atoms with Gasteiger partial charge in [-0.15, -0.1) is 0 Å². The number of nitrogens with zero attached hydrogens (tertiary/aromatic N) is 1. The van der Waals surface area contributed by atoms with Gasteiger partial charge >= 0.3 is 0 Å². The number of benzene rings is 2. The molecule has 1 amide bonds. The quantitative estimate of drug-likeness (QED) is 0.760. The predicted molar refractivity (Wildman–Crippen MR) is 100 cm³/mol. The van der Waals surface area contributed by atoms with Gasteiger partial charge in [0, 0.05) is 12.6 Å². The molecule has 0 aliphatic rings. The number of nitrogens with one attached hydrogen (secondary N) is 1. The minimum Gasteiger partial charge on any atom is -0.346 e. The molecule has 0 aliphatic heterocycles. The Balaban J connectivity index is 2.31. The van der Waals surface area contributed by atoms with E-state index in [0.717, 1.165) is 11.1 Å². The summed E-state index contributed by atoms with van der Waals surface area (Å²) in [5.41, 5.74) is 2.24. The average molecular weight is 397 g/mol. The molecule has 2 rings (SSSR count). The Morgan fingerprint density at radius 2 is 1.88 bits per heavy atom. The van der Waals surface area contributed by atoms with Crippen LogP contribution in [0.5, 0.6) is 0 Å². The lowest BCUT2D eigenvalue weighted by molar-refractivity contribution is -0.0258. The van der Waals surface area contributed by atoms with Crippen LogP contribution in [0.4, 0.5) is 0 Å². The van der Waals surface area contributed by atoms with Gasteiger partial charge < -0.3 is 5.32 Å². The largest absolute Gasteiger partial charge is 0.346 e. The molecule has 0 heterocycles. The third-order valence-electron chi connectivity index (χ3n) is 4.07. The summed E-state index contributed by atoms with van der Waals surface area (Å²) in [5, 5.41) is 2.88. The molecule has 0 radical (unpaired) electrons. The van der Waals surface area contributed by atoms with Gasteiger partial charge in [-0.25, -0.2) is 8.42 Å². The normalized spacial score (nSPS) is 12.8. The van der Waals surface area contributed by atoms with E-state index in [1.165, 1.54) is 32.4 Å². The smallest absolute Gasteiger partial charge is 0.266 e. The lowest BCUT2D eigenvalue weighted by atomic mass is 10.0. The summed E-state index contributed by atoms with van der Waals surface area (Å²) in [6, 6.07) is 11.6. The molecule has 8 heteroatoms. The van der Waals surface area contributed by atoms with E-state index in [2.05, 4.69) is 5.32 Å². The highest BCUT2D eigenvalue weighted by atomic mass is 35.5. The van der Waals surface area contributed by atoms with Crippen molar-refractivity contribution >= 4 is 27.5 Å². The Bertz CT molecular complexity index is 915. The first-order valence-electron chi connectivity index (χ1n) is 7.87. The van der Waals surface area contributed by atoms with Gasteiger partial charge in [0.05, 0.1) is 18.2 Å². The minimum atomic E-state index is -3.96. The van der Waals surface area contributed by atoms with Crippen LogP contribution in [0, 0.1) is 6.92 Å². The molecule has 0 spiro atoms. The van der Waals surface area contributed by atoms with Crippen molar-refractivity contribution in [2.24, 2.45) is 0 Å². The molecule has 0 saturated carbocycles. The number of sulfonamides is 1. The van der Waals surface area contributed by atoms with Crippen molar-refractivity contribution in [3.05, 3.63) is 64.2 Å². The first kappa shape index (κ1) is 20.4. The average Bonchev–Trinajstić information content (AvgIpc) is 2.61. The molecule has 0 saturated heterocycles. The van der Waals surface area contributed by atoms with Crippen molar-refractivity contribution in [2.75, 3.05) is 14.2 Å². The van der Waals surface area contributed by atoms with Crippen LogP contribution in [0.2, 0.25) is 5.02 Å². The van der Waals surface area contributed by atoms with Crippen LogP contribution in [0.15, 0.2) is 47.4 Å². The van der Waals surface area contributed by atoms with Gasteiger partial charge in [-0.2, -0.15) is 0 Å². The van der Waals surface area contributed by atoms with E-state index in [1.54, 1.807) is 0 Å². The van der Waals surface area contributed by atoms with Crippen molar-refractivity contribution < 1.29 is 18.0 Å². The zero-order chi connectivity index (χ0) is 19.5. The molecule has 1 unspecified atom stereocenters. The number of halogens is 1. The number of carbonyl (C=O) groups is 1. The summed E-state index contributed by atoms with van der Waals surface area (Å²) in [4.78, 5) is 17.1. The third-order valence-corrected chi connectivity index (χ3v) is 6.23. The van der Waals surface area contributed by atoms with Crippen LogP contribution in [0.1, 0.15) is 34.5 Å². The Labute approximate surface area is 158 Å². The number of amides is 1. The van der Waals surface area contributed by atoms with Crippen molar-refractivity contribution in [3.63, 3.8) is 0 Å². The van der Waals surface area contributed by atoms with E-state index in [0.29, 0.717) is 4.47 Å². The Morgan fingerprint density at radius 3 is 2.50 bits per heavy atom. The second kappa shape index (κ2) is 8.18. The molecule has 0 bridgehead atoms. The summed E-state index contributed by atoms with van der Waals surface area (Å²) < 4.78 is 25.6. The van der Waals surface area contributed by atoms with Crippen molar-refractivity contribution in [1.29, 1.82) is 0 Å². The fourth-order valence-corrected chi connectivity index (χ4v) is 3.98. The van der Waals surface area contributed by atoms with Gasteiger partial charge in [0.15, 0.2) is 0 Å². The number of aryl methyl sites for hydroxylation is 1. The van der Waals surface area contributed by atoms with Crippen molar-refractivity contribution in [2.45, 2.75) is 24.8 Å². The molecule has 2 aromatic rings. The number of hydrogen-bond acceptors (Lipinski definition) is 4. The zero-order valence-corrected chi connectivity index (χ0v) is 16.6. The highest BCUT2D eigenvalue weighted by molar-refractivity contribution is 7.89. The summed E-state index contributed by atoms with van der Waals surface area (Å²) >= 11 is 6.02. The number of rotatable bonds is 6. The fraction of sp³-hybridized carbons (Fsp3) is 0.278. The van der Waals surface area contributed by atoms with E-state index in [-0.39, 0.29) is 21.5 Å². The van der Waals surface area contributed by atoms with Crippen molar-refractivity contribution in [3.8, 4) is 0 Å². The monoisotopic (exact) mass is 396 g/mol. The van der Waals surface area contributed by atoms with Gasteiger partial charge in [0.25, 0.3) is 15.9 Å². The van der Waals surface area contributed by atoms with Crippen LogP contribution in [0.25, 0.3) is 0 Å². The number of carbonyl (C=O) groups excluding carboxylic acids is 1. The van der Waals surface area contributed by atoms with Crippen molar-refractivity contribution in [1.82, 2.24) is 9.79 Å². The maximum Gasteiger partial charge on any atom is 0.266 e. The SMILES string of the molecule is CON(C)S(=O)(=O)c1cc(C(=O)NC(C)c2ccccc2C)ccc1Cl. The third kappa shape index (κ3) is 4.24. The molecule has 1 atom stereocenters. The Hall–Kier alpha value is -1.93. The van der Waals surface area contributed by atoms with Gasteiger partial charge in [-0.05, 0) is 43.2 Å². The van der Waals surface area contributed by atoms with Crippen LogP contribution < -0.4 is 5.32 Å². The lowest BCUT2D eigenvalue weighted by Gasteiger charge is -2.18. The van der Waals surface area contributed by atoms with Gasteiger partial charge in [0.2, 0.25) is 0 Å². The van der Waals surface area contributed by atoms with E-state index >= 15 is 0 Å². The maximum absolute atomic E-state index is 12.6. The summed E-state index contributed by atoms with van der Waals surface area (Å²) in [6.07, 6.45) is 0. The summed E-state index contributed by atoms with van der Waals surface area (Å²) in [5.74, 6) is -0.395. The Morgan fingerprint density at radius 1 is 1.23 bits per heavy atom. The molecule has 0 aliphatic carbocycles. The molecular formula is C18H21ClN2O4S. The molecule has 0 aromatic heterocycles. The highest BCUT2D eigenvalue weighted by Crippen LogP contribution is 2.26. The standard InChI is InChI=1S/C18H21ClN2O4S/c1-12-7-5-6-8-15(12)13(2)20-18(22)14-9-10-16(19)17(11-14)26(23,24)21(3)25-4/h5-11,13H,1-4H3,(H,20,22). The van der Waals surface area contributed by atoms with E-state index in [1.807, 2.05) is 38.1 Å². The maximum atomic E-state index is 12.6. The second-order valence-electron chi connectivity index (χ2n) is 5.79. The first-order valence-corrected chi connectivity index (χ1v) is 9.69. The summed E-state index contributed by atoms with van der Waals surface area (Å²) in [6.45, 7) is 3.83. The molecule has 26 heavy (non-hydrogen) atoms. The van der Waals surface area contributed by atoms with E-state index in [9.17, 15) is 13.2 Å². The van der Waals surface area contributed by atoms with Crippen LogP contribution >= 0.6 is 11.6 Å².